The quantitative estimate of drug-likeness (QED) is 0.0729. The summed E-state index contributed by atoms with van der Waals surface area (Å²) >= 11 is 0. The molecule has 0 bridgehead atoms. The van der Waals surface area contributed by atoms with Gasteiger partial charge in [-0.1, -0.05) is 37.3 Å². The molecule has 90 heavy (non-hydrogen) atoms. The minimum atomic E-state index is -4.32. The van der Waals surface area contributed by atoms with Gasteiger partial charge in [0.05, 0.1) is 44.7 Å². The molecule has 3 fully saturated rings. The van der Waals surface area contributed by atoms with Crippen LogP contribution in [0, 0.1) is 35.2 Å². The van der Waals surface area contributed by atoms with Gasteiger partial charge in [-0.15, -0.1) is 0 Å². The zero-order valence-corrected chi connectivity index (χ0v) is 52.2. The second kappa shape index (κ2) is 24.2. The van der Waals surface area contributed by atoms with E-state index in [1.54, 1.807) is 70.9 Å². The first-order valence-corrected chi connectivity index (χ1v) is 34.5. The minimum Gasteiger partial charge on any atom is -0.454 e. The number of sulfone groups is 3. The monoisotopic (exact) mass is 1290 g/mol. The van der Waals surface area contributed by atoms with Gasteiger partial charge in [-0.05, 0) is 164 Å². The van der Waals surface area contributed by atoms with Crippen LogP contribution >= 0.6 is 0 Å². The van der Waals surface area contributed by atoms with Crippen LogP contribution in [-0.2, 0) is 55.4 Å². The summed E-state index contributed by atoms with van der Waals surface area (Å²) in [4.78, 5) is 43.6. The maximum atomic E-state index is 16.7. The fraction of sp³-hybridized carbons (Fsp3) is 0.318. The third-order valence-electron chi connectivity index (χ3n) is 17.8. The van der Waals surface area contributed by atoms with E-state index in [4.69, 9.17) is 14.2 Å². The molecule has 6 aliphatic heterocycles. The molecular formula is C66H65F3N6O12S3. The number of nitrogens with one attached hydrogen (secondary N) is 3. The number of halogens is 3. The highest BCUT2D eigenvalue weighted by Crippen LogP contribution is 2.47. The summed E-state index contributed by atoms with van der Waals surface area (Å²) in [5.41, 5.74) is 3.47. The SMILES string of the molecule is CCS(=O)(=O)Cc1ccc(Oc2ccc(CS(=O)(=O)c3ccc(Oc4ccc(C(C)S(=O)(=O)c5ccc(Oc6ccccc6F)c(C6=CN(C)C(=O)C7NCCC67)c5)cc4F)c(C4=CN(C)C(=O)C5NCCC45)c3)cc2F)c(C2=CN(C)C(=O)C3NCCC23)c1. The lowest BCUT2D eigenvalue weighted by Crippen LogP contribution is -2.46. The van der Waals surface area contributed by atoms with Crippen molar-refractivity contribution in [2.45, 2.75) is 77.8 Å². The number of nitrogens with zero attached hydrogens (tertiary/aromatic N) is 3. The molecule has 12 rings (SSSR count). The van der Waals surface area contributed by atoms with Gasteiger partial charge in [0.25, 0.3) is 0 Å². The zero-order chi connectivity index (χ0) is 63.7. The van der Waals surface area contributed by atoms with E-state index in [1.807, 2.05) is 0 Å². The van der Waals surface area contributed by atoms with Crippen molar-refractivity contribution in [3.63, 3.8) is 0 Å². The molecule has 0 saturated carbocycles. The topological polar surface area (TPSA) is 227 Å². The van der Waals surface area contributed by atoms with Crippen LogP contribution in [0.3, 0.4) is 0 Å². The summed E-state index contributed by atoms with van der Waals surface area (Å²) in [5, 5.41) is 8.35. The van der Waals surface area contributed by atoms with E-state index >= 15 is 8.78 Å². The summed E-state index contributed by atoms with van der Waals surface area (Å²) in [5.74, 6) is -5.37. The first kappa shape index (κ1) is 62.1. The number of fused-ring (bicyclic) bond motifs is 3. The average molecular weight is 1290 g/mol. The smallest absolute Gasteiger partial charge is 0.244 e. The van der Waals surface area contributed by atoms with E-state index in [0.717, 1.165) is 12.1 Å². The molecule has 3 saturated heterocycles. The summed E-state index contributed by atoms with van der Waals surface area (Å²) < 4.78 is 151. The molecule has 6 aromatic carbocycles. The van der Waals surface area contributed by atoms with Crippen LogP contribution in [0.25, 0.3) is 16.7 Å². The van der Waals surface area contributed by atoms with Gasteiger partial charge < -0.3 is 44.9 Å². The number of amides is 3. The number of hydrogen-bond donors (Lipinski definition) is 3. The average Bonchev–Trinajstić information content (AvgIpc) is 1.30. The molecule has 18 nitrogen and oxygen atoms in total. The lowest BCUT2D eigenvalue weighted by atomic mass is 9.84. The van der Waals surface area contributed by atoms with Crippen LogP contribution in [0.1, 0.15) is 71.7 Å². The highest BCUT2D eigenvalue weighted by molar-refractivity contribution is 7.91. The van der Waals surface area contributed by atoms with E-state index in [1.165, 1.54) is 100 Å². The number of ether oxygens (including phenoxy) is 3. The van der Waals surface area contributed by atoms with Crippen LogP contribution in [0.2, 0.25) is 0 Å². The molecule has 7 unspecified atom stereocenters. The number of carbonyl (C=O) groups excluding carboxylic acids is 3. The molecular weight excluding hydrogens is 1220 g/mol. The molecule has 0 aromatic heterocycles. The molecule has 6 aliphatic rings. The number of para-hydroxylation sites is 1. The van der Waals surface area contributed by atoms with E-state index < -0.39 is 82.0 Å². The number of rotatable bonds is 18. The first-order chi connectivity index (χ1) is 42.9. The summed E-state index contributed by atoms with van der Waals surface area (Å²) in [6.45, 7) is 4.53. The van der Waals surface area contributed by atoms with Crippen molar-refractivity contribution in [1.82, 2.24) is 30.7 Å². The Morgan fingerprint density at radius 2 is 0.900 bits per heavy atom. The Hall–Kier alpha value is -8.13. The maximum absolute atomic E-state index is 16.7. The van der Waals surface area contributed by atoms with Crippen LogP contribution < -0.4 is 30.2 Å². The fourth-order valence-electron chi connectivity index (χ4n) is 13.0. The van der Waals surface area contributed by atoms with Crippen molar-refractivity contribution in [3.05, 3.63) is 185 Å². The molecule has 24 heteroatoms. The van der Waals surface area contributed by atoms with Crippen LogP contribution in [0.15, 0.2) is 144 Å². The molecule has 470 valence electrons. The van der Waals surface area contributed by atoms with Crippen LogP contribution in [0.5, 0.6) is 34.5 Å². The summed E-state index contributed by atoms with van der Waals surface area (Å²) in [6, 6.07) is 24.5. The van der Waals surface area contributed by atoms with Crippen LogP contribution in [-0.4, -0.2) is 122 Å². The minimum absolute atomic E-state index is 0.0177. The highest BCUT2D eigenvalue weighted by atomic mass is 32.2. The Balaban J connectivity index is 0.824. The Labute approximate surface area is 520 Å². The van der Waals surface area contributed by atoms with E-state index in [2.05, 4.69) is 16.0 Å². The third-order valence-corrected chi connectivity index (χ3v) is 23.3. The second-order valence-corrected chi connectivity index (χ2v) is 30.2. The van der Waals surface area contributed by atoms with Crippen LogP contribution in [0.4, 0.5) is 13.2 Å². The molecule has 3 amide bonds. The van der Waals surface area contributed by atoms with Gasteiger partial charge in [-0.2, -0.15) is 0 Å². The van der Waals surface area contributed by atoms with Crippen molar-refractivity contribution in [2.75, 3.05) is 46.5 Å². The van der Waals surface area contributed by atoms with Gasteiger partial charge in [-0.3, -0.25) is 14.4 Å². The first-order valence-electron chi connectivity index (χ1n) is 29.5. The zero-order valence-electron chi connectivity index (χ0n) is 49.7. The lowest BCUT2D eigenvalue weighted by Gasteiger charge is -2.32. The molecule has 0 radical (unpaired) electrons. The van der Waals surface area contributed by atoms with Gasteiger partial charge in [0, 0.05) is 79.9 Å². The van der Waals surface area contributed by atoms with Crippen molar-refractivity contribution in [2.24, 2.45) is 17.8 Å². The standard InChI is InChI=1S/C66H65F3N6O12S3/c1-6-88(79,80)35-38-11-16-55(46(27-38)49-32-73(3)64(76)61-43(49)21-24-70-61)86-59-17-12-39(28-53(59)68)36-89(81,82)41-14-19-56(47(30-41)50-33-74(4)65(77)62-44(50)22-25-71-62)87-60-18-13-40(29-54(60)69)37(2)90(83,84)42-15-20-57(85-58-10-8-7-9-52(58)67)48(31-42)51-34-75(5)66(78)63-45(51)23-26-72-63/h7-20,27-34,37,43-45,61-63,70-72H,6,21-26,35-36H2,1-5H3. The normalized spacial score (nSPS) is 22.2. The maximum Gasteiger partial charge on any atom is 0.244 e. The van der Waals surface area contributed by atoms with Gasteiger partial charge in [0.2, 0.25) is 17.7 Å². The third kappa shape index (κ3) is 11.8. The Kier molecular flexibility index (Phi) is 16.7. The van der Waals surface area contributed by atoms with Gasteiger partial charge >= 0.3 is 0 Å². The molecule has 3 N–H and O–H groups in total. The van der Waals surface area contributed by atoms with Gasteiger partial charge in [0.1, 0.15) is 17.2 Å². The molecule has 0 aliphatic carbocycles. The largest absolute Gasteiger partial charge is 0.454 e. The number of carbonyl (C=O) groups is 3. The molecule has 7 atom stereocenters. The van der Waals surface area contributed by atoms with Crippen molar-refractivity contribution < 1.29 is 67.0 Å². The number of hydrogen-bond acceptors (Lipinski definition) is 15. The van der Waals surface area contributed by atoms with Gasteiger partial charge in [-0.25, -0.2) is 38.4 Å². The van der Waals surface area contributed by atoms with Crippen molar-refractivity contribution >= 4 is 64.0 Å². The number of likely N-dealkylation sites (N-methyl/N-ethyl adjacent to an activating group) is 3. The van der Waals surface area contributed by atoms with E-state index in [9.17, 15) is 44.0 Å². The van der Waals surface area contributed by atoms with E-state index in [-0.39, 0.29) is 102 Å². The van der Waals surface area contributed by atoms with E-state index in [0.29, 0.717) is 72.3 Å². The second-order valence-electron chi connectivity index (χ2n) is 23.5. The molecule has 6 aromatic rings. The summed E-state index contributed by atoms with van der Waals surface area (Å²) in [6.07, 6.45) is 6.56. The predicted molar refractivity (Wildman–Crippen MR) is 330 cm³/mol. The summed E-state index contributed by atoms with van der Waals surface area (Å²) in [7, 11) is -7.31. The number of benzene rings is 6. The lowest BCUT2D eigenvalue weighted by molar-refractivity contribution is -0.131. The molecule has 0 spiro atoms. The molecule has 6 heterocycles. The Bertz CT molecular complexity index is 4410. The fourth-order valence-corrected chi connectivity index (χ4v) is 16.7. The van der Waals surface area contributed by atoms with Crippen molar-refractivity contribution in [1.29, 1.82) is 0 Å². The Morgan fingerprint density at radius 3 is 1.38 bits per heavy atom. The van der Waals surface area contributed by atoms with Crippen molar-refractivity contribution in [3.8, 4) is 34.5 Å². The predicted octanol–water partition coefficient (Wildman–Crippen LogP) is 9.30. The highest BCUT2D eigenvalue weighted by Gasteiger charge is 2.44. The Morgan fingerprint density at radius 1 is 0.489 bits per heavy atom. The van der Waals surface area contributed by atoms with Gasteiger partial charge in [0.15, 0.2) is 64.2 Å².